The van der Waals surface area contributed by atoms with Crippen LogP contribution in [0.3, 0.4) is 0 Å². The standard InChI is InChI=1S/C13H11Cl2FN2/c14-11-7-10(16)8-12(15)13(11)18-6-3-9-1-4-17-5-2-9/h1-2,4-5,7-8,18H,3,6H2. The molecular formula is C13H11Cl2FN2. The first kappa shape index (κ1) is 13.1. The maximum Gasteiger partial charge on any atom is 0.126 e. The Bertz CT molecular complexity index is 509. The van der Waals surface area contributed by atoms with Gasteiger partial charge in [-0.15, -0.1) is 0 Å². The molecule has 0 unspecified atom stereocenters. The molecule has 1 aromatic heterocycles. The smallest absolute Gasteiger partial charge is 0.126 e. The molecule has 0 bridgehead atoms. The Morgan fingerprint density at radius 3 is 2.33 bits per heavy atom. The van der Waals surface area contributed by atoms with Crippen molar-refractivity contribution < 1.29 is 4.39 Å². The van der Waals surface area contributed by atoms with Crippen LogP contribution in [0.5, 0.6) is 0 Å². The number of anilines is 1. The van der Waals surface area contributed by atoms with Crippen molar-refractivity contribution in [1.82, 2.24) is 4.98 Å². The zero-order valence-corrected chi connectivity index (χ0v) is 11.0. The third kappa shape index (κ3) is 3.34. The van der Waals surface area contributed by atoms with Gasteiger partial charge in [0.2, 0.25) is 0 Å². The third-order valence-electron chi connectivity index (χ3n) is 2.47. The second-order valence-corrected chi connectivity index (χ2v) is 4.59. The van der Waals surface area contributed by atoms with Crippen LogP contribution in [0.15, 0.2) is 36.7 Å². The van der Waals surface area contributed by atoms with Crippen LogP contribution in [0.25, 0.3) is 0 Å². The summed E-state index contributed by atoms with van der Waals surface area (Å²) in [6.45, 7) is 0.662. The van der Waals surface area contributed by atoms with E-state index in [1.54, 1.807) is 12.4 Å². The molecule has 1 N–H and O–H groups in total. The van der Waals surface area contributed by atoms with E-state index in [-0.39, 0.29) is 10.0 Å². The van der Waals surface area contributed by atoms with Gasteiger partial charge in [-0.05, 0) is 36.2 Å². The lowest BCUT2D eigenvalue weighted by atomic mass is 10.2. The Morgan fingerprint density at radius 2 is 1.72 bits per heavy atom. The summed E-state index contributed by atoms with van der Waals surface area (Å²) in [4.78, 5) is 3.95. The predicted octanol–water partition coefficient (Wildman–Crippen LogP) is 4.18. The van der Waals surface area contributed by atoms with E-state index in [0.29, 0.717) is 12.2 Å². The van der Waals surface area contributed by atoms with E-state index in [4.69, 9.17) is 23.2 Å². The molecule has 18 heavy (non-hydrogen) atoms. The van der Waals surface area contributed by atoms with Crippen molar-refractivity contribution in [2.45, 2.75) is 6.42 Å². The lowest BCUT2D eigenvalue weighted by molar-refractivity contribution is 0.628. The summed E-state index contributed by atoms with van der Waals surface area (Å²) in [6, 6.07) is 6.36. The summed E-state index contributed by atoms with van der Waals surface area (Å²) in [5, 5.41) is 3.68. The molecule has 0 aliphatic carbocycles. The first-order chi connectivity index (χ1) is 8.66. The molecule has 1 aromatic carbocycles. The van der Waals surface area contributed by atoms with Crippen molar-refractivity contribution in [2.24, 2.45) is 0 Å². The van der Waals surface area contributed by atoms with Gasteiger partial charge in [0.1, 0.15) is 5.82 Å². The summed E-state index contributed by atoms with van der Waals surface area (Å²) in [7, 11) is 0. The third-order valence-corrected chi connectivity index (χ3v) is 3.07. The molecule has 2 nitrogen and oxygen atoms in total. The fraction of sp³-hybridized carbons (Fsp3) is 0.154. The number of aromatic nitrogens is 1. The molecule has 1 heterocycles. The Hall–Kier alpha value is -1.32. The van der Waals surface area contributed by atoms with Crippen LogP contribution in [-0.4, -0.2) is 11.5 Å². The number of hydrogen-bond donors (Lipinski definition) is 1. The van der Waals surface area contributed by atoms with E-state index in [1.165, 1.54) is 12.1 Å². The predicted molar refractivity (Wildman–Crippen MR) is 72.9 cm³/mol. The van der Waals surface area contributed by atoms with Crippen LogP contribution >= 0.6 is 23.2 Å². The van der Waals surface area contributed by atoms with Gasteiger partial charge in [-0.2, -0.15) is 0 Å². The number of nitrogens with one attached hydrogen (secondary N) is 1. The number of hydrogen-bond acceptors (Lipinski definition) is 2. The fourth-order valence-electron chi connectivity index (χ4n) is 1.59. The van der Waals surface area contributed by atoms with Gasteiger partial charge >= 0.3 is 0 Å². The van der Waals surface area contributed by atoms with Crippen molar-refractivity contribution in [3.63, 3.8) is 0 Å². The summed E-state index contributed by atoms with van der Waals surface area (Å²) in [5.41, 5.74) is 1.72. The average Bonchev–Trinajstić information content (AvgIpc) is 2.34. The average molecular weight is 285 g/mol. The summed E-state index contributed by atoms with van der Waals surface area (Å²) < 4.78 is 13.0. The van der Waals surface area contributed by atoms with Crippen LogP contribution < -0.4 is 5.32 Å². The van der Waals surface area contributed by atoms with Crippen LogP contribution in [0.1, 0.15) is 5.56 Å². The minimum atomic E-state index is -0.440. The lowest BCUT2D eigenvalue weighted by Crippen LogP contribution is -2.06. The molecule has 0 aliphatic heterocycles. The summed E-state index contributed by atoms with van der Waals surface area (Å²) in [5.74, 6) is -0.440. The SMILES string of the molecule is Fc1cc(Cl)c(NCCc2ccncc2)c(Cl)c1. The summed E-state index contributed by atoms with van der Waals surface area (Å²) in [6.07, 6.45) is 4.30. The first-order valence-corrected chi connectivity index (χ1v) is 6.20. The largest absolute Gasteiger partial charge is 0.382 e. The molecule has 0 saturated carbocycles. The number of nitrogens with zero attached hydrogens (tertiary/aromatic N) is 1. The zero-order valence-electron chi connectivity index (χ0n) is 9.46. The Kier molecular flexibility index (Phi) is 4.39. The minimum Gasteiger partial charge on any atom is -0.382 e. The molecular weight excluding hydrogens is 274 g/mol. The van der Waals surface area contributed by atoms with Crippen molar-refractivity contribution in [1.29, 1.82) is 0 Å². The Morgan fingerprint density at radius 1 is 1.11 bits per heavy atom. The molecule has 0 spiro atoms. The van der Waals surface area contributed by atoms with Crippen LogP contribution in [-0.2, 0) is 6.42 Å². The highest BCUT2D eigenvalue weighted by Gasteiger charge is 2.07. The van der Waals surface area contributed by atoms with E-state index in [2.05, 4.69) is 10.3 Å². The minimum absolute atomic E-state index is 0.287. The second kappa shape index (κ2) is 6.03. The van der Waals surface area contributed by atoms with Crippen LogP contribution in [0.2, 0.25) is 10.0 Å². The van der Waals surface area contributed by atoms with Gasteiger partial charge in [-0.3, -0.25) is 4.98 Å². The fourth-order valence-corrected chi connectivity index (χ4v) is 2.19. The molecule has 2 aromatic rings. The lowest BCUT2D eigenvalue weighted by Gasteiger charge is -2.10. The Labute approximate surface area is 115 Å². The molecule has 0 atom stereocenters. The van der Waals surface area contributed by atoms with Gasteiger partial charge in [0.05, 0.1) is 15.7 Å². The van der Waals surface area contributed by atoms with Crippen LogP contribution in [0.4, 0.5) is 10.1 Å². The monoisotopic (exact) mass is 284 g/mol. The van der Waals surface area contributed by atoms with E-state index >= 15 is 0 Å². The van der Waals surface area contributed by atoms with E-state index in [1.807, 2.05) is 12.1 Å². The van der Waals surface area contributed by atoms with Gasteiger partial charge in [0, 0.05) is 18.9 Å². The highest BCUT2D eigenvalue weighted by molar-refractivity contribution is 6.39. The van der Waals surface area contributed by atoms with Gasteiger partial charge in [-0.1, -0.05) is 23.2 Å². The number of halogens is 3. The van der Waals surface area contributed by atoms with Crippen LogP contribution in [0, 0.1) is 5.82 Å². The molecule has 0 saturated heterocycles. The highest BCUT2D eigenvalue weighted by Crippen LogP contribution is 2.31. The molecule has 0 amide bonds. The normalized spacial score (nSPS) is 10.4. The van der Waals surface area contributed by atoms with Crippen molar-refractivity contribution >= 4 is 28.9 Å². The summed E-state index contributed by atoms with van der Waals surface area (Å²) >= 11 is 11.8. The first-order valence-electron chi connectivity index (χ1n) is 5.44. The molecule has 0 aliphatic rings. The van der Waals surface area contributed by atoms with E-state index < -0.39 is 5.82 Å². The number of pyridine rings is 1. The van der Waals surface area contributed by atoms with E-state index in [0.717, 1.165) is 12.0 Å². The van der Waals surface area contributed by atoms with Gasteiger partial charge in [0.15, 0.2) is 0 Å². The molecule has 2 rings (SSSR count). The maximum atomic E-state index is 13.0. The quantitative estimate of drug-likeness (QED) is 0.911. The molecule has 5 heteroatoms. The van der Waals surface area contributed by atoms with Gasteiger partial charge in [-0.25, -0.2) is 4.39 Å². The van der Waals surface area contributed by atoms with Crippen molar-refractivity contribution in [2.75, 3.05) is 11.9 Å². The zero-order chi connectivity index (χ0) is 13.0. The second-order valence-electron chi connectivity index (χ2n) is 3.78. The molecule has 0 fully saturated rings. The van der Waals surface area contributed by atoms with Crippen molar-refractivity contribution in [3.05, 3.63) is 58.1 Å². The topological polar surface area (TPSA) is 24.9 Å². The van der Waals surface area contributed by atoms with Crippen molar-refractivity contribution in [3.8, 4) is 0 Å². The molecule has 0 radical (unpaired) electrons. The highest BCUT2D eigenvalue weighted by atomic mass is 35.5. The van der Waals surface area contributed by atoms with Gasteiger partial charge < -0.3 is 5.32 Å². The maximum absolute atomic E-state index is 13.0. The Balaban J connectivity index is 1.99. The number of rotatable bonds is 4. The number of benzene rings is 1. The van der Waals surface area contributed by atoms with E-state index in [9.17, 15) is 4.39 Å². The van der Waals surface area contributed by atoms with Gasteiger partial charge in [0.25, 0.3) is 0 Å². The molecule has 94 valence electrons.